The molecule has 1 aliphatic rings. The summed E-state index contributed by atoms with van der Waals surface area (Å²) >= 11 is 0. The van der Waals surface area contributed by atoms with Crippen LogP contribution in [0.3, 0.4) is 0 Å². The molecule has 5 rings (SSSR count). The van der Waals surface area contributed by atoms with E-state index in [2.05, 4.69) is 44.7 Å². The Morgan fingerprint density at radius 2 is 1.89 bits per heavy atom. The van der Waals surface area contributed by atoms with Gasteiger partial charge in [-0.05, 0) is 54.5 Å². The highest BCUT2D eigenvalue weighted by molar-refractivity contribution is 5.83. The van der Waals surface area contributed by atoms with E-state index in [1.165, 1.54) is 23.1 Å². The maximum Gasteiger partial charge on any atom is 0.278 e. The summed E-state index contributed by atoms with van der Waals surface area (Å²) in [5.41, 5.74) is 3.79. The molecule has 0 saturated heterocycles. The van der Waals surface area contributed by atoms with Gasteiger partial charge in [-0.15, -0.1) is 5.10 Å². The maximum atomic E-state index is 12.8. The topological polar surface area (TPSA) is 86.7 Å². The SMILES string of the molecule is Cc1noc(Cn2nnc3ccc(-c4ccc(C5CC5)cc4)cc3c2=O)n1. The molecule has 1 saturated carbocycles. The van der Waals surface area contributed by atoms with Crippen molar-refractivity contribution in [2.75, 3.05) is 0 Å². The fourth-order valence-electron chi connectivity index (χ4n) is 3.26. The predicted octanol–water partition coefficient (Wildman–Crippen LogP) is 3.08. The summed E-state index contributed by atoms with van der Waals surface area (Å²) in [5, 5.41) is 12.4. The van der Waals surface area contributed by atoms with Crippen LogP contribution in [0, 0.1) is 6.92 Å². The van der Waals surface area contributed by atoms with Gasteiger partial charge in [0.1, 0.15) is 12.1 Å². The van der Waals surface area contributed by atoms with Gasteiger partial charge in [0.25, 0.3) is 5.56 Å². The van der Waals surface area contributed by atoms with Crippen molar-refractivity contribution in [3.63, 3.8) is 0 Å². The third-order valence-corrected chi connectivity index (χ3v) is 4.87. The van der Waals surface area contributed by atoms with Crippen LogP contribution < -0.4 is 5.56 Å². The van der Waals surface area contributed by atoms with Crippen molar-refractivity contribution < 1.29 is 4.52 Å². The fourth-order valence-corrected chi connectivity index (χ4v) is 3.26. The second kappa shape index (κ2) is 6.12. The van der Waals surface area contributed by atoms with Crippen molar-refractivity contribution in [1.82, 2.24) is 25.1 Å². The molecule has 1 fully saturated rings. The van der Waals surface area contributed by atoms with E-state index >= 15 is 0 Å². The molecule has 2 heterocycles. The van der Waals surface area contributed by atoms with Crippen LogP contribution in [0.5, 0.6) is 0 Å². The van der Waals surface area contributed by atoms with Crippen molar-refractivity contribution in [3.05, 3.63) is 70.1 Å². The van der Waals surface area contributed by atoms with Gasteiger partial charge in [-0.1, -0.05) is 40.7 Å². The molecule has 134 valence electrons. The van der Waals surface area contributed by atoms with Gasteiger partial charge in [-0.3, -0.25) is 4.79 Å². The molecular weight excluding hydrogens is 342 g/mol. The van der Waals surface area contributed by atoms with Gasteiger partial charge in [0.2, 0.25) is 5.89 Å². The highest BCUT2D eigenvalue weighted by Crippen LogP contribution is 2.40. The second-order valence-electron chi connectivity index (χ2n) is 6.92. The highest BCUT2D eigenvalue weighted by atomic mass is 16.5. The first-order valence-corrected chi connectivity index (χ1v) is 8.94. The van der Waals surface area contributed by atoms with Crippen LogP contribution in [0.15, 0.2) is 51.8 Å². The zero-order valence-corrected chi connectivity index (χ0v) is 14.8. The molecule has 7 nitrogen and oxygen atoms in total. The third kappa shape index (κ3) is 3.01. The van der Waals surface area contributed by atoms with Crippen LogP contribution in [0.2, 0.25) is 0 Å². The smallest absolute Gasteiger partial charge is 0.278 e. The monoisotopic (exact) mass is 359 g/mol. The molecule has 0 radical (unpaired) electrons. The predicted molar refractivity (Wildman–Crippen MR) is 99.3 cm³/mol. The van der Waals surface area contributed by atoms with Crippen LogP contribution in [-0.4, -0.2) is 25.1 Å². The van der Waals surface area contributed by atoms with Gasteiger partial charge in [0, 0.05) is 0 Å². The summed E-state index contributed by atoms with van der Waals surface area (Å²) in [6.45, 7) is 1.82. The molecule has 7 heteroatoms. The van der Waals surface area contributed by atoms with Crippen molar-refractivity contribution in [2.45, 2.75) is 32.2 Å². The Morgan fingerprint density at radius 3 is 2.59 bits per heavy atom. The van der Waals surface area contributed by atoms with Crippen molar-refractivity contribution in [1.29, 1.82) is 0 Å². The Bertz CT molecular complexity index is 1190. The second-order valence-corrected chi connectivity index (χ2v) is 6.92. The Balaban J connectivity index is 1.53. The van der Waals surface area contributed by atoms with Crippen LogP contribution in [0.25, 0.3) is 22.0 Å². The van der Waals surface area contributed by atoms with E-state index in [0.29, 0.717) is 22.6 Å². The first-order chi connectivity index (χ1) is 13.2. The molecule has 0 atom stereocenters. The summed E-state index contributed by atoms with van der Waals surface area (Å²) in [5.74, 6) is 1.57. The zero-order chi connectivity index (χ0) is 18.4. The minimum absolute atomic E-state index is 0.100. The molecule has 0 spiro atoms. The zero-order valence-electron chi connectivity index (χ0n) is 14.8. The first kappa shape index (κ1) is 15.9. The summed E-state index contributed by atoms with van der Waals surface area (Å²) < 4.78 is 6.32. The molecule has 0 unspecified atom stereocenters. The van der Waals surface area contributed by atoms with E-state index < -0.39 is 0 Å². The van der Waals surface area contributed by atoms with Crippen molar-refractivity contribution in [3.8, 4) is 11.1 Å². The minimum Gasteiger partial charge on any atom is -0.337 e. The summed E-state index contributed by atoms with van der Waals surface area (Å²) in [4.78, 5) is 17.0. The van der Waals surface area contributed by atoms with Gasteiger partial charge in [0.15, 0.2) is 5.82 Å². The number of rotatable bonds is 4. The van der Waals surface area contributed by atoms with Gasteiger partial charge in [-0.2, -0.15) is 4.98 Å². The number of fused-ring (bicyclic) bond motifs is 1. The number of nitrogens with zero attached hydrogens (tertiary/aromatic N) is 5. The van der Waals surface area contributed by atoms with E-state index in [1.54, 1.807) is 6.92 Å². The first-order valence-electron chi connectivity index (χ1n) is 8.94. The van der Waals surface area contributed by atoms with Gasteiger partial charge in [-0.25, -0.2) is 4.68 Å². The van der Waals surface area contributed by atoms with Gasteiger partial charge < -0.3 is 4.52 Å². The van der Waals surface area contributed by atoms with Gasteiger partial charge in [0.05, 0.1) is 5.39 Å². The summed E-state index contributed by atoms with van der Waals surface area (Å²) in [6, 6.07) is 14.3. The lowest BCUT2D eigenvalue weighted by molar-refractivity contribution is 0.358. The molecule has 0 N–H and O–H groups in total. The average Bonchev–Trinajstić information content (AvgIpc) is 3.46. The van der Waals surface area contributed by atoms with E-state index in [1.807, 2.05) is 18.2 Å². The van der Waals surface area contributed by atoms with Crippen molar-refractivity contribution in [2.24, 2.45) is 0 Å². The Labute approximate surface area is 154 Å². The largest absolute Gasteiger partial charge is 0.337 e. The molecule has 1 aliphatic carbocycles. The summed E-state index contributed by atoms with van der Waals surface area (Å²) in [6.07, 6.45) is 2.57. The molecular formula is C20H17N5O2. The lowest BCUT2D eigenvalue weighted by Gasteiger charge is -2.06. The third-order valence-electron chi connectivity index (χ3n) is 4.87. The van der Waals surface area contributed by atoms with Crippen LogP contribution >= 0.6 is 0 Å². The van der Waals surface area contributed by atoms with E-state index in [4.69, 9.17) is 4.52 Å². The highest BCUT2D eigenvalue weighted by Gasteiger charge is 2.23. The molecule has 27 heavy (non-hydrogen) atoms. The number of hydrogen-bond acceptors (Lipinski definition) is 6. The summed E-state index contributed by atoms with van der Waals surface area (Å²) in [7, 11) is 0. The molecule has 2 aromatic carbocycles. The van der Waals surface area contributed by atoms with Crippen molar-refractivity contribution >= 4 is 10.9 Å². The normalized spacial score (nSPS) is 14.0. The molecule has 4 aromatic rings. The van der Waals surface area contributed by atoms with E-state index in [-0.39, 0.29) is 12.1 Å². The Hall–Kier alpha value is -3.35. The molecule has 0 aliphatic heterocycles. The maximum absolute atomic E-state index is 12.8. The van der Waals surface area contributed by atoms with E-state index in [0.717, 1.165) is 17.0 Å². The number of hydrogen-bond donors (Lipinski definition) is 0. The lowest BCUT2D eigenvalue weighted by Crippen LogP contribution is -2.25. The van der Waals surface area contributed by atoms with E-state index in [9.17, 15) is 4.79 Å². The van der Waals surface area contributed by atoms with Crippen LogP contribution in [0.4, 0.5) is 0 Å². The number of aromatic nitrogens is 5. The average molecular weight is 359 g/mol. The lowest BCUT2D eigenvalue weighted by atomic mass is 10.0. The molecule has 0 bridgehead atoms. The number of benzene rings is 2. The minimum atomic E-state index is -0.229. The fraction of sp³-hybridized carbons (Fsp3) is 0.250. The Kier molecular flexibility index (Phi) is 3.60. The van der Waals surface area contributed by atoms with Gasteiger partial charge >= 0.3 is 0 Å². The molecule has 0 amide bonds. The van der Waals surface area contributed by atoms with Crippen LogP contribution in [0.1, 0.15) is 36.0 Å². The van der Waals surface area contributed by atoms with Crippen LogP contribution in [-0.2, 0) is 6.54 Å². The molecule has 2 aromatic heterocycles. The number of aryl methyl sites for hydroxylation is 1. The Morgan fingerprint density at radius 1 is 1.11 bits per heavy atom. The quantitative estimate of drug-likeness (QED) is 0.556. The standard InChI is InChI=1S/C20H17N5O2/c1-12-21-19(27-23-12)11-25-20(26)17-10-16(8-9-18(17)22-24-25)15-6-4-14(5-7-15)13-2-3-13/h4-10,13H,2-3,11H2,1H3.